The van der Waals surface area contributed by atoms with Gasteiger partial charge in [0.25, 0.3) is 5.91 Å². The highest BCUT2D eigenvalue weighted by atomic mass is 16.4. The van der Waals surface area contributed by atoms with Gasteiger partial charge in [0.05, 0.1) is 17.6 Å². The molecule has 92 valence electrons. The minimum Gasteiger partial charge on any atom is -0.548 e. The molecule has 0 unspecified atom stereocenters. The van der Waals surface area contributed by atoms with Crippen LogP contribution in [0.25, 0.3) is 0 Å². The second kappa shape index (κ2) is 5.34. The highest BCUT2D eigenvalue weighted by Crippen LogP contribution is 2.15. The molecule has 0 aromatic heterocycles. The van der Waals surface area contributed by atoms with Crippen LogP contribution in [0.1, 0.15) is 24.2 Å². The second-order valence-electron chi connectivity index (χ2n) is 4.03. The predicted octanol–water partition coefficient (Wildman–Crippen LogP) is -0.104. The molecule has 0 saturated heterocycles. The average molecular weight is 236 g/mol. The summed E-state index contributed by atoms with van der Waals surface area (Å²) in [5.74, 6) is -2.46. The smallest absolute Gasteiger partial charge is 0.255 e. The van der Waals surface area contributed by atoms with E-state index in [9.17, 15) is 19.8 Å². The molecule has 1 amide bonds. The average Bonchev–Trinajstić information content (AvgIpc) is 2.25. The molecule has 1 aromatic rings. The molecule has 0 spiro atoms. The fraction of sp³-hybridized carbons (Fsp3) is 0.333. The summed E-state index contributed by atoms with van der Waals surface area (Å²) >= 11 is 0. The number of hydrogen-bond donors (Lipinski definition) is 2. The van der Waals surface area contributed by atoms with E-state index in [1.54, 1.807) is 26.0 Å². The Kier molecular flexibility index (Phi) is 4.09. The predicted molar refractivity (Wildman–Crippen MR) is 59.2 cm³/mol. The van der Waals surface area contributed by atoms with Crippen LogP contribution in [0.4, 0.5) is 0 Å². The maximum Gasteiger partial charge on any atom is 0.255 e. The Balaban J connectivity index is 2.85. The number of amides is 1. The SMILES string of the molecule is CC(C)[C@@H](NC(=O)c1ccccc1O)C(=O)[O-]. The number of nitrogens with one attached hydrogen (secondary N) is 1. The number of carboxylic acid groups (broad SMARTS) is 1. The monoisotopic (exact) mass is 236 g/mol. The van der Waals surface area contributed by atoms with Crippen molar-refractivity contribution >= 4 is 11.9 Å². The van der Waals surface area contributed by atoms with Crippen molar-refractivity contribution in [2.24, 2.45) is 5.92 Å². The molecule has 0 saturated carbocycles. The Labute approximate surface area is 99.1 Å². The zero-order valence-electron chi connectivity index (χ0n) is 9.64. The summed E-state index contributed by atoms with van der Waals surface area (Å²) in [6, 6.07) is 4.85. The number of para-hydroxylation sites is 1. The number of carbonyl (C=O) groups is 2. The first kappa shape index (κ1) is 13.0. The Bertz CT molecular complexity index is 428. The van der Waals surface area contributed by atoms with Gasteiger partial charge in [0, 0.05) is 0 Å². The van der Waals surface area contributed by atoms with Crippen LogP contribution in [0.3, 0.4) is 0 Å². The summed E-state index contributed by atoms with van der Waals surface area (Å²) in [7, 11) is 0. The zero-order chi connectivity index (χ0) is 13.0. The van der Waals surface area contributed by atoms with E-state index >= 15 is 0 Å². The number of hydrogen-bond acceptors (Lipinski definition) is 4. The fourth-order valence-electron chi connectivity index (χ4n) is 1.38. The lowest BCUT2D eigenvalue weighted by Gasteiger charge is -2.23. The molecule has 0 heterocycles. The molecule has 0 aliphatic carbocycles. The van der Waals surface area contributed by atoms with Gasteiger partial charge < -0.3 is 20.3 Å². The molecule has 5 heteroatoms. The van der Waals surface area contributed by atoms with Crippen molar-refractivity contribution < 1.29 is 19.8 Å². The summed E-state index contributed by atoms with van der Waals surface area (Å²) < 4.78 is 0. The van der Waals surface area contributed by atoms with Crippen LogP contribution in [0.2, 0.25) is 0 Å². The Morgan fingerprint density at radius 3 is 2.35 bits per heavy atom. The van der Waals surface area contributed by atoms with E-state index in [4.69, 9.17) is 0 Å². The number of benzene rings is 1. The molecule has 0 radical (unpaired) electrons. The van der Waals surface area contributed by atoms with Crippen molar-refractivity contribution in [1.82, 2.24) is 5.32 Å². The summed E-state index contributed by atoms with van der Waals surface area (Å²) in [5, 5.41) is 22.6. The van der Waals surface area contributed by atoms with E-state index in [2.05, 4.69) is 5.32 Å². The lowest BCUT2D eigenvalue weighted by atomic mass is 10.0. The van der Waals surface area contributed by atoms with Crippen LogP contribution in [0, 0.1) is 5.92 Å². The van der Waals surface area contributed by atoms with Gasteiger partial charge in [0.1, 0.15) is 5.75 Å². The Morgan fingerprint density at radius 1 is 1.29 bits per heavy atom. The third-order valence-corrected chi connectivity index (χ3v) is 2.36. The van der Waals surface area contributed by atoms with Crippen molar-refractivity contribution in [3.05, 3.63) is 29.8 Å². The van der Waals surface area contributed by atoms with Crippen LogP contribution in [0.15, 0.2) is 24.3 Å². The lowest BCUT2D eigenvalue weighted by Crippen LogP contribution is -2.50. The highest BCUT2D eigenvalue weighted by molar-refractivity contribution is 5.98. The Hall–Kier alpha value is -2.04. The molecule has 0 fully saturated rings. The molecule has 0 aliphatic heterocycles. The van der Waals surface area contributed by atoms with Crippen LogP contribution < -0.4 is 10.4 Å². The summed E-state index contributed by atoms with van der Waals surface area (Å²) in [5.41, 5.74) is 0.0411. The van der Waals surface area contributed by atoms with E-state index < -0.39 is 17.9 Å². The minimum atomic E-state index is -1.34. The fourth-order valence-corrected chi connectivity index (χ4v) is 1.38. The molecule has 5 nitrogen and oxygen atoms in total. The largest absolute Gasteiger partial charge is 0.548 e. The van der Waals surface area contributed by atoms with Gasteiger partial charge in [0.15, 0.2) is 0 Å². The second-order valence-corrected chi connectivity index (χ2v) is 4.03. The summed E-state index contributed by atoms with van der Waals surface area (Å²) in [4.78, 5) is 22.5. The van der Waals surface area contributed by atoms with Crippen molar-refractivity contribution in [3.63, 3.8) is 0 Å². The number of aliphatic carboxylic acids is 1. The molecular formula is C12H14NO4-. The van der Waals surface area contributed by atoms with Crippen LogP contribution in [-0.4, -0.2) is 23.0 Å². The normalized spacial score (nSPS) is 12.2. The third-order valence-electron chi connectivity index (χ3n) is 2.36. The number of phenolic OH excluding ortho intramolecular Hbond substituents is 1. The van der Waals surface area contributed by atoms with Gasteiger partial charge in [-0.05, 0) is 18.1 Å². The van der Waals surface area contributed by atoms with E-state index in [0.29, 0.717) is 0 Å². The van der Waals surface area contributed by atoms with Gasteiger partial charge in [-0.25, -0.2) is 0 Å². The molecular weight excluding hydrogens is 222 g/mol. The lowest BCUT2D eigenvalue weighted by molar-refractivity contribution is -0.309. The number of phenols is 1. The van der Waals surface area contributed by atoms with Crippen molar-refractivity contribution in [1.29, 1.82) is 0 Å². The van der Waals surface area contributed by atoms with Crippen molar-refractivity contribution in [2.75, 3.05) is 0 Å². The van der Waals surface area contributed by atoms with Gasteiger partial charge in [-0.2, -0.15) is 0 Å². The van der Waals surface area contributed by atoms with Crippen LogP contribution >= 0.6 is 0 Å². The molecule has 0 bridgehead atoms. The van der Waals surface area contributed by atoms with E-state index in [1.165, 1.54) is 12.1 Å². The van der Waals surface area contributed by atoms with Gasteiger partial charge >= 0.3 is 0 Å². The first-order chi connectivity index (χ1) is 7.93. The minimum absolute atomic E-state index is 0.0411. The number of aromatic hydroxyl groups is 1. The summed E-state index contributed by atoms with van der Waals surface area (Å²) in [6.07, 6.45) is 0. The third kappa shape index (κ3) is 3.21. The molecule has 1 atom stereocenters. The zero-order valence-corrected chi connectivity index (χ0v) is 9.64. The van der Waals surface area contributed by atoms with E-state index in [0.717, 1.165) is 0 Å². The van der Waals surface area contributed by atoms with Crippen molar-refractivity contribution in [3.8, 4) is 5.75 Å². The number of carbonyl (C=O) groups excluding carboxylic acids is 2. The first-order valence-corrected chi connectivity index (χ1v) is 5.23. The molecule has 1 aromatic carbocycles. The quantitative estimate of drug-likeness (QED) is 0.763. The van der Waals surface area contributed by atoms with Crippen LogP contribution in [0.5, 0.6) is 5.75 Å². The Morgan fingerprint density at radius 2 is 1.88 bits per heavy atom. The van der Waals surface area contributed by atoms with E-state index in [-0.39, 0.29) is 17.2 Å². The van der Waals surface area contributed by atoms with Crippen molar-refractivity contribution in [2.45, 2.75) is 19.9 Å². The standard InChI is InChI=1S/C12H15NO4/c1-7(2)10(12(16)17)13-11(15)8-5-3-4-6-9(8)14/h3-7,10,14H,1-2H3,(H,13,15)(H,16,17)/p-1/t10-/m1/s1. The number of rotatable bonds is 4. The maximum atomic E-state index is 11.7. The highest BCUT2D eigenvalue weighted by Gasteiger charge is 2.19. The van der Waals surface area contributed by atoms with Gasteiger partial charge in [-0.1, -0.05) is 26.0 Å². The van der Waals surface area contributed by atoms with E-state index in [1.807, 2.05) is 0 Å². The molecule has 0 aliphatic rings. The molecule has 1 rings (SSSR count). The van der Waals surface area contributed by atoms with Gasteiger partial charge in [0.2, 0.25) is 0 Å². The maximum absolute atomic E-state index is 11.7. The summed E-state index contributed by atoms with van der Waals surface area (Å²) in [6.45, 7) is 3.32. The van der Waals surface area contributed by atoms with Crippen LogP contribution in [-0.2, 0) is 4.79 Å². The number of carboxylic acids is 1. The first-order valence-electron chi connectivity index (χ1n) is 5.23. The molecule has 2 N–H and O–H groups in total. The van der Waals surface area contributed by atoms with Gasteiger partial charge in [-0.3, -0.25) is 4.79 Å². The molecule has 17 heavy (non-hydrogen) atoms. The topological polar surface area (TPSA) is 89.5 Å². The van der Waals surface area contributed by atoms with Gasteiger partial charge in [-0.15, -0.1) is 0 Å².